The molecule has 196 valence electrons. The summed E-state index contributed by atoms with van der Waals surface area (Å²) in [7, 11) is 0. The van der Waals surface area contributed by atoms with Crippen molar-refractivity contribution in [3.63, 3.8) is 0 Å². The normalized spacial score (nSPS) is 14.4. The molecule has 0 unspecified atom stereocenters. The highest BCUT2D eigenvalue weighted by Crippen LogP contribution is 2.35. The summed E-state index contributed by atoms with van der Waals surface area (Å²) in [5.41, 5.74) is 2.81. The van der Waals surface area contributed by atoms with Crippen molar-refractivity contribution in [3.05, 3.63) is 84.2 Å². The first-order valence-corrected chi connectivity index (χ1v) is 12.5. The first-order chi connectivity index (χ1) is 18.3. The summed E-state index contributed by atoms with van der Waals surface area (Å²) in [6.07, 6.45) is -2.63. The number of hydrogen-bond donors (Lipinski definition) is 3. The van der Waals surface area contributed by atoms with Crippen LogP contribution in [0.1, 0.15) is 11.3 Å². The maximum Gasteiger partial charge on any atom is 0.416 e. The van der Waals surface area contributed by atoms with Crippen LogP contribution in [0.3, 0.4) is 0 Å². The molecule has 0 bridgehead atoms. The summed E-state index contributed by atoms with van der Waals surface area (Å²) in [4.78, 5) is 19.7. The monoisotopic (exact) mass is 538 g/mol. The van der Waals surface area contributed by atoms with E-state index in [1.807, 2.05) is 48.7 Å². The predicted octanol–water partition coefficient (Wildman–Crippen LogP) is 6.69. The Hall–Kier alpha value is -3.60. The van der Waals surface area contributed by atoms with Crippen LogP contribution >= 0.6 is 12.6 Å². The number of carbonyl (C=O) groups excluding carboxylic acids is 1. The lowest BCUT2D eigenvalue weighted by molar-refractivity contribution is -0.137. The fourth-order valence-corrected chi connectivity index (χ4v) is 4.68. The van der Waals surface area contributed by atoms with Gasteiger partial charge in [0.15, 0.2) is 0 Å². The molecular formula is C28H25F3N4O2S. The average molecular weight is 539 g/mol. The maximum atomic E-state index is 12.9. The summed E-state index contributed by atoms with van der Waals surface area (Å²) in [5.74, 6) is 0. The molecule has 0 atom stereocenters. The quantitative estimate of drug-likeness (QED) is 0.248. The van der Waals surface area contributed by atoms with Crippen molar-refractivity contribution in [2.24, 2.45) is 0 Å². The number of thiol groups is 1. The third kappa shape index (κ3) is 5.93. The van der Waals surface area contributed by atoms with E-state index in [1.165, 1.54) is 6.07 Å². The van der Waals surface area contributed by atoms with Crippen molar-refractivity contribution in [2.45, 2.75) is 17.6 Å². The minimum atomic E-state index is -4.49. The second-order valence-electron chi connectivity index (χ2n) is 8.94. The van der Waals surface area contributed by atoms with Crippen LogP contribution < -0.4 is 10.6 Å². The molecule has 2 N–H and O–H groups in total. The number of benzene rings is 3. The van der Waals surface area contributed by atoms with Gasteiger partial charge in [0.25, 0.3) is 0 Å². The molecule has 38 heavy (non-hydrogen) atoms. The van der Waals surface area contributed by atoms with Crippen LogP contribution in [0.25, 0.3) is 21.9 Å². The van der Waals surface area contributed by atoms with Crippen molar-refractivity contribution in [1.82, 2.24) is 9.88 Å². The van der Waals surface area contributed by atoms with E-state index >= 15 is 0 Å². The smallest absolute Gasteiger partial charge is 0.379 e. The van der Waals surface area contributed by atoms with Gasteiger partial charge in [0.1, 0.15) is 0 Å². The van der Waals surface area contributed by atoms with E-state index in [1.54, 1.807) is 6.07 Å². The van der Waals surface area contributed by atoms with E-state index in [9.17, 15) is 18.0 Å². The van der Waals surface area contributed by atoms with Gasteiger partial charge in [0.05, 0.1) is 35.8 Å². The Morgan fingerprint density at radius 3 is 2.34 bits per heavy atom. The van der Waals surface area contributed by atoms with Gasteiger partial charge in [0.2, 0.25) is 0 Å². The number of aromatic nitrogens is 1. The zero-order valence-electron chi connectivity index (χ0n) is 20.3. The molecule has 1 aromatic heterocycles. The van der Waals surface area contributed by atoms with Gasteiger partial charge in [-0.3, -0.25) is 9.88 Å². The molecule has 1 fully saturated rings. The molecule has 10 heteroatoms. The molecule has 1 aliphatic rings. The zero-order valence-corrected chi connectivity index (χ0v) is 21.2. The number of hydrogen-bond acceptors (Lipinski definition) is 5. The van der Waals surface area contributed by atoms with Gasteiger partial charge in [-0.2, -0.15) is 13.2 Å². The Morgan fingerprint density at radius 2 is 1.66 bits per heavy atom. The SMILES string of the molecule is O=C(Nc1ccc(C(F)(F)F)cc1S)Nc1ccc(-c2ccc(CN3CCOCC3)nc2)c2ccccc12. The van der Waals surface area contributed by atoms with Crippen molar-refractivity contribution < 1.29 is 22.7 Å². The number of alkyl halides is 3. The summed E-state index contributed by atoms with van der Waals surface area (Å²) in [5, 5.41) is 7.12. The van der Waals surface area contributed by atoms with Gasteiger partial charge in [-0.15, -0.1) is 12.6 Å². The van der Waals surface area contributed by atoms with Gasteiger partial charge in [-0.25, -0.2) is 4.79 Å². The second-order valence-corrected chi connectivity index (χ2v) is 9.42. The highest BCUT2D eigenvalue weighted by atomic mass is 32.1. The Bertz CT molecular complexity index is 1460. The number of ether oxygens (including phenoxy) is 1. The molecule has 2 amide bonds. The molecule has 1 saturated heterocycles. The number of urea groups is 1. The molecule has 1 aliphatic heterocycles. The van der Waals surface area contributed by atoms with E-state index in [2.05, 4.69) is 33.1 Å². The molecule has 0 saturated carbocycles. The second kappa shape index (κ2) is 11.0. The molecule has 0 spiro atoms. The molecular weight excluding hydrogens is 513 g/mol. The fraction of sp³-hybridized carbons (Fsp3) is 0.214. The van der Waals surface area contributed by atoms with Crippen molar-refractivity contribution >= 4 is 40.8 Å². The number of halogens is 3. The number of nitrogens with one attached hydrogen (secondary N) is 2. The number of amides is 2. The topological polar surface area (TPSA) is 66.5 Å². The van der Waals surface area contributed by atoms with Crippen LogP contribution in [0.15, 0.2) is 77.8 Å². The number of anilines is 2. The van der Waals surface area contributed by atoms with Crippen LogP contribution in [0, 0.1) is 0 Å². The van der Waals surface area contributed by atoms with E-state index < -0.39 is 17.8 Å². The van der Waals surface area contributed by atoms with Crippen molar-refractivity contribution in [1.29, 1.82) is 0 Å². The Balaban J connectivity index is 1.34. The van der Waals surface area contributed by atoms with E-state index in [-0.39, 0.29) is 10.6 Å². The summed E-state index contributed by atoms with van der Waals surface area (Å²) < 4.78 is 44.2. The highest BCUT2D eigenvalue weighted by Gasteiger charge is 2.30. The van der Waals surface area contributed by atoms with Gasteiger partial charge in [0, 0.05) is 41.7 Å². The van der Waals surface area contributed by atoms with Gasteiger partial charge in [-0.05, 0) is 41.3 Å². The molecule has 5 rings (SSSR count). The van der Waals surface area contributed by atoms with Gasteiger partial charge >= 0.3 is 12.2 Å². The first kappa shape index (κ1) is 26.0. The minimum Gasteiger partial charge on any atom is -0.379 e. The molecule has 0 aliphatic carbocycles. The van der Waals surface area contributed by atoms with Crippen LogP contribution in [-0.4, -0.2) is 42.2 Å². The molecule has 0 radical (unpaired) electrons. The summed E-state index contributed by atoms with van der Waals surface area (Å²) in [6, 6.07) is 17.8. The lowest BCUT2D eigenvalue weighted by atomic mass is 9.98. The zero-order chi connectivity index (χ0) is 26.7. The number of rotatable bonds is 5. The van der Waals surface area contributed by atoms with Crippen molar-refractivity contribution in [3.8, 4) is 11.1 Å². The molecule has 2 heterocycles. The fourth-order valence-electron chi connectivity index (χ4n) is 4.42. The Morgan fingerprint density at radius 1 is 0.947 bits per heavy atom. The van der Waals surface area contributed by atoms with Gasteiger partial charge in [-0.1, -0.05) is 36.4 Å². The third-order valence-electron chi connectivity index (χ3n) is 6.37. The van der Waals surface area contributed by atoms with E-state index in [0.717, 1.165) is 72.6 Å². The molecule has 4 aromatic rings. The third-order valence-corrected chi connectivity index (χ3v) is 6.74. The van der Waals surface area contributed by atoms with Crippen LogP contribution in [-0.2, 0) is 17.5 Å². The predicted molar refractivity (Wildman–Crippen MR) is 145 cm³/mol. The number of pyridine rings is 1. The summed E-state index contributed by atoms with van der Waals surface area (Å²) >= 11 is 4.10. The lowest BCUT2D eigenvalue weighted by Crippen LogP contribution is -2.35. The standard InChI is InChI=1S/C28H25F3N4O2S/c29-28(30,31)19-6-9-25(26(38)15-19)34-27(36)33-24-10-8-21(22-3-1-2-4-23(22)24)18-5-7-20(32-16-18)17-35-11-13-37-14-12-35/h1-10,15-16,38H,11-14,17H2,(H2,33,34,36). The van der Waals surface area contributed by atoms with E-state index in [0.29, 0.717) is 5.69 Å². The number of nitrogens with zero attached hydrogens (tertiary/aromatic N) is 2. The van der Waals surface area contributed by atoms with Gasteiger partial charge < -0.3 is 15.4 Å². The summed E-state index contributed by atoms with van der Waals surface area (Å²) in [6.45, 7) is 4.04. The lowest BCUT2D eigenvalue weighted by Gasteiger charge is -2.26. The molecule has 3 aromatic carbocycles. The average Bonchev–Trinajstić information content (AvgIpc) is 2.91. The van der Waals surface area contributed by atoms with E-state index in [4.69, 9.17) is 4.74 Å². The maximum absolute atomic E-state index is 12.9. The number of fused-ring (bicyclic) bond motifs is 1. The minimum absolute atomic E-state index is 0.0137. The first-order valence-electron chi connectivity index (χ1n) is 12.0. The van der Waals surface area contributed by atoms with Crippen LogP contribution in [0.4, 0.5) is 29.3 Å². The van der Waals surface area contributed by atoms with Crippen LogP contribution in [0.2, 0.25) is 0 Å². The highest BCUT2D eigenvalue weighted by molar-refractivity contribution is 7.80. The van der Waals surface area contributed by atoms with Crippen LogP contribution in [0.5, 0.6) is 0 Å². The Labute approximate surface area is 223 Å². The van der Waals surface area contributed by atoms with Crippen molar-refractivity contribution in [2.75, 3.05) is 36.9 Å². The molecule has 6 nitrogen and oxygen atoms in total. The Kier molecular flexibility index (Phi) is 7.55. The largest absolute Gasteiger partial charge is 0.416 e. The number of carbonyl (C=O) groups is 1. The number of morpholine rings is 1.